The number of hydrogen-bond acceptors (Lipinski definition) is 5. The van der Waals surface area contributed by atoms with Crippen LogP contribution in [-0.4, -0.2) is 32.7 Å². The molecule has 0 fully saturated rings. The molecule has 0 saturated carbocycles. The number of tetrazole rings is 1. The van der Waals surface area contributed by atoms with E-state index in [9.17, 15) is 4.79 Å². The molecule has 0 saturated heterocycles. The Morgan fingerprint density at radius 2 is 1.89 bits per heavy atom. The lowest BCUT2D eigenvalue weighted by Gasteiger charge is -2.12. The maximum atomic E-state index is 12.5. The summed E-state index contributed by atoms with van der Waals surface area (Å²) in [6.07, 6.45) is 3.39. The number of benzene rings is 2. The maximum Gasteiger partial charge on any atom is 0.255 e. The summed E-state index contributed by atoms with van der Waals surface area (Å²) in [5, 5.41) is 14.4. The van der Waals surface area contributed by atoms with Gasteiger partial charge in [0.1, 0.15) is 6.33 Å². The van der Waals surface area contributed by atoms with E-state index in [4.69, 9.17) is 27.9 Å². The highest BCUT2D eigenvalue weighted by Crippen LogP contribution is 2.34. The number of nitrogens with one attached hydrogen (secondary N) is 1. The van der Waals surface area contributed by atoms with E-state index in [1.165, 1.54) is 11.0 Å². The highest BCUT2D eigenvalue weighted by molar-refractivity contribution is 6.37. The Morgan fingerprint density at radius 3 is 2.48 bits per heavy atom. The van der Waals surface area contributed by atoms with E-state index in [0.717, 1.165) is 18.5 Å². The Balaban J connectivity index is 1.70. The van der Waals surface area contributed by atoms with Gasteiger partial charge in [-0.25, -0.2) is 4.68 Å². The first-order valence-corrected chi connectivity index (χ1v) is 9.10. The van der Waals surface area contributed by atoms with E-state index in [0.29, 0.717) is 33.7 Å². The van der Waals surface area contributed by atoms with Crippen LogP contribution in [0.4, 0.5) is 5.69 Å². The van der Waals surface area contributed by atoms with Gasteiger partial charge < -0.3 is 10.1 Å². The first kappa shape index (κ1) is 19.1. The number of halogens is 2. The second-order valence-corrected chi connectivity index (χ2v) is 6.54. The zero-order chi connectivity index (χ0) is 19.2. The van der Waals surface area contributed by atoms with Gasteiger partial charge in [0.25, 0.3) is 5.91 Å². The van der Waals surface area contributed by atoms with E-state index in [1.54, 1.807) is 36.4 Å². The number of unbranched alkanes of at least 4 members (excludes halogenated alkanes) is 1. The lowest BCUT2D eigenvalue weighted by Crippen LogP contribution is -2.12. The van der Waals surface area contributed by atoms with Crippen LogP contribution in [0.25, 0.3) is 5.69 Å². The fourth-order valence-electron chi connectivity index (χ4n) is 2.33. The lowest BCUT2D eigenvalue weighted by molar-refractivity contribution is 0.102. The number of carbonyl (C=O) groups is 1. The molecule has 0 aliphatic heterocycles. The normalized spacial score (nSPS) is 10.6. The van der Waals surface area contributed by atoms with Crippen LogP contribution < -0.4 is 10.1 Å². The Morgan fingerprint density at radius 1 is 1.19 bits per heavy atom. The van der Waals surface area contributed by atoms with Crippen molar-refractivity contribution in [3.63, 3.8) is 0 Å². The summed E-state index contributed by atoms with van der Waals surface area (Å²) >= 11 is 12.5. The van der Waals surface area contributed by atoms with Crippen LogP contribution in [0.3, 0.4) is 0 Å². The molecule has 0 aliphatic carbocycles. The molecular formula is C18H17Cl2N5O2. The van der Waals surface area contributed by atoms with Crippen molar-refractivity contribution in [2.75, 3.05) is 11.9 Å². The van der Waals surface area contributed by atoms with Crippen molar-refractivity contribution in [1.29, 1.82) is 0 Å². The van der Waals surface area contributed by atoms with Gasteiger partial charge in [-0.15, -0.1) is 5.10 Å². The summed E-state index contributed by atoms with van der Waals surface area (Å²) in [6, 6.07) is 10.2. The predicted molar refractivity (Wildman–Crippen MR) is 104 cm³/mol. The highest BCUT2D eigenvalue weighted by Gasteiger charge is 2.14. The number of aromatic nitrogens is 4. The third kappa shape index (κ3) is 4.75. The summed E-state index contributed by atoms with van der Waals surface area (Å²) in [5.74, 6) is 0.0724. The van der Waals surface area contributed by atoms with Crippen molar-refractivity contribution < 1.29 is 9.53 Å². The molecule has 0 unspecified atom stereocenters. The standard InChI is InChI=1S/C18H17Cl2N5O2/c1-2-3-8-27-17-15(19)9-12(10-16(17)20)18(26)22-13-4-6-14(7-5-13)25-11-21-23-24-25/h4-7,9-11H,2-3,8H2,1H3,(H,22,26). The summed E-state index contributed by atoms with van der Waals surface area (Å²) in [7, 11) is 0. The Kier molecular flexibility index (Phi) is 6.26. The third-order valence-corrected chi connectivity index (χ3v) is 4.30. The van der Waals surface area contributed by atoms with Crippen molar-refractivity contribution in [2.45, 2.75) is 19.8 Å². The minimum atomic E-state index is -0.325. The van der Waals surface area contributed by atoms with Crippen molar-refractivity contribution >= 4 is 34.8 Å². The summed E-state index contributed by atoms with van der Waals surface area (Å²) in [4.78, 5) is 12.5. The van der Waals surface area contributed by atoms with Gasteiger partial charge in [-0.2, -0.15) is 0 Å². The van der Waals surface area contributed by atoms with Crippen LogP contribution in [0.15, 0.2) is 42.7 Å². The van der Waals surface area contributed by atoms with Gasteiger partial charge in [-0.1, -0.05) is 36.5 Å². The van der Waals surface area contributed by atoms with E-state index >= 15 is 0 Å². The molecule has 0 atom stereocenters. The lowest BCUT2D eigenvalue weighted by atomic mass is 10.2. The number of amides is 1. The first-order chi connectivity index (χ1) is 13.1. The van der Waals surface area contributed by atoms with E-state index < -0.39 is 0 Å². The number of rotatable bonds is 7. The van der Waals surface area contributed by atoms with Crippen LogP contribution >= 0.6 is 23.2 Å². The molecule has 3 rings (SSSR count). The van der Waals surface area contributed by atoms with E-state index in [1.807, 2.05) is 0 Å². The second kappa shape index (κ2) is 8.83. The molecule has 0 radical (unpaired) electrons. The molecule has 27 heavy (non-hydrogen) atoms. The van der Waals surface area contributed by atoms with E-state index in [2.05, 4.69) is 27.8 Å². The van der Waals surface area contributed by atoms with Crippen molar-refractivity contribution in [2.24, 2.45) is 0 Å². The van der Waals surface area contributed by atoms with Crippen LogP contribution in [0.1, 0.15) is 30.1 Å². The zero-order valence-corrected chi connectivity index (χ0v) is 16.0. The average molecular weight is 406 g/mol. The number of hydrogen-bond donors (Lipinski definition) is 1. The fraction of sp³-hybridized carbons (Fsp3) is 0.222. The molecule has 0 spiro atoms. The number of ether oxygens (including phenoxy) is 1. The highest BCUT2D eigenvalue weighted by atomic mass is 35.5. The molecule has 140 valence electrons. The SMILES string of the molecule is CCCCOc1c(Cl)cc(C(=O)Nc2ccc(-n3cnnn3)cc2)cc1Cl. The van der Waals surface area contributed by atoms with Crippen molar-refractivity contribution in [1.82, 2.24) is 20.2 Å². The minimum Gasteiger partial charge on any atom is -0.490 e. The van der Waals surface area contributed by atoms with Gasteiger partial charge in [0.05, 0.1) is 22.3 Å². The molecule has 3 aromatic rings. The minimum absolute atomic E-state index is 0.304. The van der Waals surface area contributed by atoms with Crippen LogP contribution in [0, 0.1) is 0 Å². The first-order valence-electron chi connectivity index (χ1n) is 8.35. The average Bonchev–Trinajstić information content (AvgIpc) is 3.19. The van der Waals surface area contributed by atoms with Gasteiger partial charge in [0.2, 0.25) is 0 Å². The molecule has 0 aliphatic rings. The number of nitrogens with zero attached hydrogens (tertiary/aromatic N) is 4. The van der Waals surface area contributed by atoms with Gasteiger partial charge in [-0.05, 0) is 53.2 Å². The molecular weight excluding hydrogens is 389 g/mol. The maximum absolute atomic E-state index is 12.5. The molecule has 1 N–H and O–H groups in total. The van der Waals surface area contributed by atoms with Gasteiger partial charge in [0.15, 0.2) is 5.75 Å². The van der Waals surface area contributed by atoms with E-state index in [-0.39, 0.29) is 5.91 Å². The molecule has 7 nitrogen and oxygen atoms in total. The second-order valence-electron chi connectivity index (χ2n) is 5.73. The van der Waals surface area contributed by atoms with Crippen LogP contribution in [-0.2, 0) is 0 Å². The number of anilines is 1. The Hall–Kier alpha value is -2.64. The summed E-state index contributed by atoms with van der Waals surface area (Å²) < 4.78 is 7.11. The van der Waals surface area contributed by atoms with Gasteiger partial charge >= 0.3 is 0 Å². The molecule has 2 aromatic carbocycles. The Labute approximate surface area is 166 Å². The quantitative estimate of drug-likeness (QED) is 0.588. The zero-order valence-electron chi connectivity index (χ0n) is 14.5. The largest absolute Gasteiger partial charge is 0.490 e. The molecule has 1 aromatic heterocycles. The van der Waals surface area contributed by atoms with Crippen molar-refractivity contribution in [3.05, 3.63) is 58.3 Å². The van der Waals surface area contributed by atoms with Crippen LogP contribution in [0.2, 0.25) is 10.0 Å². The molecule has 1 heterocycles. The summed E-state index contributed by atoms with van der Waals surface area (Å²) in [6.45, 7) is 2.59. The third-order valence-electron chi connectivity index (χ3n) is 3.74. The van der Waals surface area contributed by atoms with Gasteiger partial charge in [-0.3, -0.25) is 4.79 Å². The van der Waals surface area contributed by atoms with Gasteiger partial charge in [0, 0.05) is 11.3 Å². The molecule has 1 amide bonds. The Bertz CT molecular complexity index is 891. The summed E-state index contributed by atoms with van der Waals surface area (Å²) in [5.41, 5.74) is 1.74. The number of carbonyl (C=O) groups excluding carboxylic acids is 1. The molecule has 0 bridgehead atoms. The monoisotopic (exact) mass is 405 g/mol. The fourth-order valence-corrected chi connectivity index (χ4v) is 2.92. The van der Waals surface area contributed by atoms with Crippen LogP contribution in [0.5, 0.6) is 5.75 Å². The molecule has 9 heteroatoms. The van der Waals surface area contributed by atoms with Crippen molar-refractivity contribution in [3.8, 4) is 11.4 Å². The smallest absolute Gasteiger partial charge is 0.255 e. The predicted octanol–water partition coefficient (Wildman–Crippen LogP) is 4.40. The topological polar surface area (TPSA) is 81.9 Å².